The van der Waals surface area contributed by atoms with Crippen LogP contribution >= 0.6 is 0 Å². The highest BCUT2D eigenvalue weighted by Gasteiger charge is 2.11. The van der Waals surface area contributed by atoms with E-state index in [0.29, 0.717) is 24.2 Å². The minimum absolute atomic E-state index is 0.0459. The van der Waals surface area contributed by atoms with Gasteiger partial charge < -0.3 is 10.4 Å². The maximum absolute atomic E-state index is 13.3. The lowest BCUT2D eigenvalue weighted by atomic mass is 10.2. The molecule has 0 aliphatic carbocycles. The van der Waals surface area contributed by atoms with E-state index in [1.165, 1.54) is 10.9 Å². The fourth-order valence-electron chi connectivity index (χ4n) is 1.62. The molecule has 0 radical (unpaired) electrons. The zero-order valence-electron chi connectivity index (χ0n) is 9.91. The number of aromatic nitrogens is 2. The third-order valence-corrected chi connectivity index (χ3v) is 2.49. The Balaban J connectivity index is 2.05. The lowest BCUT2D eigenvalue weighted by Gasteiger charge is -2.07. The number of hydrogen-bond acceptors (Lipinski definition) is 3. The van der Waals surface area contributed by atoms with Gasteiger partial charge in [-0.1, -0.05) is 0 Å². The van der Waals surface area contributed by atoms with E-state index >= 15 is 0 Å². The molecule has 102 valence electrons. The van der Waals surface area contributed by atoms with Gasteiger partial charge in [0.25, 0.3) is 0 Å². The number of aliphatic hydroxyl groups excluding tert-OH is 1. The Hall–Kier alpha value is -2.02. The maximum Gasteiger partial charge on any atom is 0.152 e. The molecule has 0 spiro atoms. The first-order chi connectivity index (χ1) is 9.10. The fraction of sp³-hybridized carbons (Fsp3) is 0.250. The topological polar surface area (TPSA) is 50.1 Å². The van der Waals surface area contributed by atoms with Crippen LogP contribution in [0.2, 0.25) is 0 Å². The van der Waals surface area contributed by atoms with E-state index in [2.05, 4.69) is 10.4 Å². The minimum atomic E-state index is -0.986. The number of aliphatic hydroxyl groups is 1. The van der Waals surface area contributed by atoms with Crippen LogP contribution in [-0.4, -0.2) is 21.5 Å². The molecular formula is C12H12F3N3O. The highest BCUT2D eigenvalue weighted by Crippen LogP contribution is 2.20. The number of nitrogens with zero attached hydrogens (tertiary/aromatic N) is 2. The summed E-state index contributed by atoms with van der Waals surface area (Å²) in [6, 6.07) is 1.22. The summed E-state index contributed by atoms with van der Waals surface area (Å²) in [5, 5.41) is 15.2. The predicted molar refractivity (Wildman–Crippen MR) is 63.0 cm³/mol. The monoisotopic (exact) mass is 271 g/mol. The zero-order valence-corrected chi connectivity index (χ0v) is 9.91. The Morgan fingerprint density at radius 3 is 2.53 bits per heavy atom. The number of hydrogen-bond donors (Lipinski definition) is 2. The number of anilines is 1. The van der Waals surface area contributed by atoms with Gasteiger partial charge in [0.1, 0.15) is 11.5 Å². The quantitative estimate of drug-likeness (QED) is 0.873. The summed E-state index contributed by atoms with van der Waals surface area (Å²) < 4.78 is 40.9. The molecule has 1 aromatic heterocycles. The molecule has 4 nitrogen and oxygen atoms in total. The molecule has 0 unspecified atom stereocenters. The van der Waals surface area contributed by atoms with Gasteiger partial charge in [0.15, 0.2) is 11.6 Å². The second-order valence-electron chi connectivity index (χ2n) is 3.93. The minimum Gasteiger partial charge on any atom is -0.394 e. The highest BCUT2D eigenvalue weighted by atomic mass is 19.1. The fourth-order valence-corrected chi connectivity index (χ4v) is 1.62. The van der Waals surface area contributed by atoms with Gasteiger partial charge in [0.05, 0.1) is 19.3 Å². The summed E-state index contributed by atoms with van der Waals surface area (Å²) in [6.45, 7) is 0.444. The second-order valence-corrected chi connectivity index (χ2v) is 3.93. The molecule has 2 N–H and O–H groups in total. The molecule has 1 aromatic carbocycles. The molecule has 19 heavy (non-hydrogen) atoms. The Morgan fingerprint density at radius 1 is 1.21 bits per heavy atom. The van der Waals surface area contributed by atoms with Crippen molar-refractivity contribution in [3.63, 3.8) is 0 Å². The average molecular weight is 271 g/mol. The first-order valence-electron chi connectivity index (χ1n) is 5.60. The smallest absolute Gasteiger partial charge is 0.152 e. The summed E-state index contributed by atoms with van der Waals surface area (Å²) in [5.41, 5.74) is 0.313. The van der Waals surface area contributed by atoms with Gasteiger partial charge >= 0.3 is 0 Å². The number of nitrogens with one attached hydrogen (secondary N) is 1. The Morgan fingerprint density at radius 2 is 1.89 bits per heavy atom. The highest BCUT2D eigenvalue weighted by molar-refractivity contribution is 5.46. The lowest BCUT2D eigenvalue weighted by molar-refractivity contribution is 0.269. The van der Waals surface area contributed by atoms with Gasteiger partial charge in [-0.2, -0.15) is 5.10 Å². The Bertz CT molecular complexity index is 548. The van der Waals surface area contributed by atoms with E-state index in [-0.39, 0.29) is 18.8 Å². The Labute approximate surface area is 107 Å². The van der Waals surface area contributed by atoms with Crippen molar-refractivity contribution >= 4 is 5.69 Å². The van der Waals surface area contributed by atoms with E-state index in [9.17, 15) is 13.2 Å². The van der Waals surface area contributed by atoms with Crippen molar-refractivity contribution in [2.75, 3.05) is 11.9 Å². The number of halogens is 3. The predicted octanol–water partition coefficient (Wildman–Crippen LogP) is 1.90. The first-order valence-corrected chi connectivity index (χ1v) is 5.60. The average Bonchev–Trinajstić information content (AvgIpc) is 2.76. The van der Waals surface area contributed by atoms with Gasteiger partial charge in [0, 0.05) is 30.4 Å². The number of benzene rings is 1. The van der Waals surface area contributed by atoms with Crippen LogP contribution in [-0.2, 0) is 13.1 Å². The Kier molecular flexibility index (Phi) is 4.06. The SMILES string of the molecule is OCCn1cc(CNc2c(F)cc(F)cc2F)cn1. The molecule has 0 atom stereocenters. The molecule has 0 saturated heterocycles. The van der Waals surface area contributed by atoms with Crippen molar-refractivity contribution in [2.45, 2.75) is 13.1 Å². The molecule has 0 aliphatic heterocycles. The summed E-state index contributed by atoms with van der Waals surface area (Å²) in [5.74, 6) is -2.93. The third kappa shape index (κ3) is 3.25. The second kappa shape index (κ2) is 5.75. The van der Waals surface area contributed by atoms with Crippen LogP contribution in [0.3, 0.4) is 0 Å². The van der Waals surface area contributed by atoms with Gasteiger partial charge in [-0.05, 0) is 0 Å². The van der Waals surface area contributed by atoms with E-state index in [0.717, 1.165) is 0 Å². The summed E-state index contributed by atoms with van der Waals surface area (Å²) in [7, 11) is 0. The van der Waals surface area contributed by atoms with Crippen molar-refractivity contribution in [1.29, 1.82) is 0 Å². The van der Waals surface area contributed by atoms with Crippen molar-refractivity contribution in [3.05, 3.63) is 47.5 Å². The van der Waals surface area contributed by atoms with E-state index in [1.54, 1.807) is 6.20 Å². The molecule has 0 aliphatic rings. The van der Waals surface area contributed by atoms with Gasteiger partial charge in [-0.25, -0.2) is 13.2 Å². The number of rotatable bonds is 5. The normalized spacial score (nSPS) is 10.7. The standard InChI is InChI=1S/C12H12F3N3O/c13-9-3-10(14)12(11(15)4-9)16-5-8-6-17-18(7-8)1-2-19/h3-4,6-7,16,19H,1-2,5H2. The van der Waals surface area contributed by atoms with E-state index in [4.69, 9.17) is 5.11 Å². The first kappa shape index (κ1) is 13.4. The van der Waals surface area contributed by atoms with Crippen molar-refractivity contribution in [1.82, 2.24) is 9.78 Å². The van der Waals surface area contributed by atoms with Crippen LogP contribution in [0.1, 0.15) is 5.56 Å². The van der Waals surface area contributed by atoms with Crippen molar-refractivity contribution < 1.29 is 18.3 Å². The largest absolute Gasteiger partial charge is 0.394 e. The molecule has 1 heterocycles. The van der Waals surface area contributed by atoms with E-state index in [1.807, 2.05) is 0 Å². The molecule has 2 rings (SSSR count). The molecular weight excluding hydrogens is 259 g/mol. The molecule has 0 amide bonds. The maximum atomic E-state index is 13.3. The van der Waals surface area contributed by atoms with Crippen LogP contribution in [0, 0.1) is 17.5 Å². The van der Waals surface area contributed by atoms with Crippen molar-refractivity contribution in [3.8, 4) is 0 Å². The van der Waals surface area contributed by atoms with Crippen LogP contribution in [0.25, 0.3) is 0 Å². The third-order valence-electron chi connectivity index (χ3n) is 2.49. The lowest BCUT2D eigenvalue weighted by Crippen LogP contribution is -2.04. The van der Waals surface area contributed by atoms with Crippen LogP contribution < -0.4 is 5.32 Å². The van der Waals surface area contributed by atoms with Gasteiger partial charge in [-0.15, -0.1) is 0 Å². The van der Waals surface area contributed by atoms with Crippen LogP contribution in [0.4, 0.5) is 18.9 Å². The van der Waals surface area contributed by atoms with Crippen LogP contribution in [0.5, 0.6) is 0 Å². The van der Waals surface area contributed by atoms with Gasteiger partial charge in [0.2, 0.25) is 0 Å². The van der Waals surface area contributed by atoms with E-state index < -0.39 is 17.5 Å². The summed E-state index contributed by atoms with van der Waals surface area (Å²) in [6.07, 6.45) is 3.16. The summed E-state index contributed by atoms with van der Waals surface area (Å²) in [4.78, 5) is 0. The molecule has 7 heteroatoms. The summed E-state index contributed by atoms with van der Waals surface area (Å²) >= 11 is 0. The van der Waals surface area contributed by atoms with Crippen molar-refractivity contribution in [2.24, 2.45) is 0 Å². The molecule has 2 aromatic rings. The van der Waals surface area contributed by atoms with Crippen LogP contribution in [0.15, 0.2) is 24.5 Å². The molecule has 0 bridgehead atoms. The molecule has 0 saturated carbocycles. The molecule has 0 fully saturated rings. The zero-order chi connectivity index (χ0) is 13.8. The van der Waals surface area contributed by atoms with Gasteiger partial charge in [-0.3, -0.25) is 4.68 Å².